The molecule has 4 nitrogen and oxygen atoms in total. The molecule has 0 spiro atoms. The SMILES string of the molecule is Cc1cc(C)cc(NC(N)=NCC(C)(O)c2ccccc2Cl)c1.I. The van der Waals surface area contributed by atoms with Crippen molar-refractivity contribution < 1.29 is 5.11 Å². The van der Waals surface area contributed by atoms with Crippen molar-refractivity contribution in [3.05, 3.63) is 64.2 Å². The second-order valence-electron chi connectivity index (χ2n) is 5.96. The number of hydrogen-bond acceptors (Lipinski definition) is 2. The van der Waals surface area contributed by atoms with E-state index in [2.05, 4.69) is 16.4 Å². The average molecular weight is 460 g/mol. The van der Waals surface area contributed by atoms with E-state index in [0.29, 0.717) is 10.6 Å². The first kappa shape index (κ1) is 20.7. The van der Waals surface area contributed by atoms with E-state index in [1.165, 1.54) is 0 Å². The predicted octanol–water partition coefficient (Wildman–Crippen LogP) is 4.21. The van der Waals surface area contributed by atoms with Crippen LogP contribution in [0.2, 0.25) is 5.02 Å². The minimum Gasteiger partial charge on any atom is -0.383 e. The van der Waals surface area contributed by atoms with Gasteiger partial charge in [0.25, 0.3) is 0 Å². The Kier molecular flexibility index (Phi) is 7.51. The maximum absolute atomic E-state index is 10.6. The molecule has 0 fully saturated rings. The van der Waals surface area contributed by atoms with Gasteiger partial charge >= 0.3 is 0 Å². The fourth-order valence-electron chi connectivity index (χ4n) is 2.46. The molecule has 0 aliphatic carbocycles. The Hall–Kier alpha value is -1.31. The molecule has 0 amide bonds. The molecule has 0 heterocycles. The number of nitrogens with two attached hydrogens (primary N) is 1. The molecule has 130 valence electrons. The van der Waals surface area contributed by atoms with Crippen LogP contribution in [0.25, 0.3) is 0 Å². The summed E-state index contributed by atoms with van der Waals surface area (Å²) in [5.74, 6) is 0.252. The van der Waals surface area contributed by atoms with Gasteiger partial charge in [-0.15, -0.1) is 24.0 Å². The molecular weight excluding hydrogens is 437 g/mol. The number of anilines is 1. The Balaban J connectivity index is 0.00000288. The second-order valence-corrected chi connectivity index (χ2v) is 6.36. The van der Waals surface area contributed by atoms with Crippen LogP contribution < -0.4 is 11.1 Å². The lowest BCUT2D eigenvalue weighted by atomic mass is 9.96. The summed E-state index contributed by atoms with van der Waals surface area (Å²) in [4.78, 5) is 4.24. The van der Waals surface area contributed by atoms with Crippen LogP contribution >= 0.6 is 35.6 Å². The second kappa shape index (κ2) is 8.69. The van der Waals surface area contributed by atoms with Gasteiger partial charge in [0.15, 0.2) is 5.96 Å². The highest BCUT2D eigenvalue weighted by atomic mass is 127. The van der Waals surface area contributed by atoms with Crippen molar-refractivity contribution >= 4 is 47.2 Å². The smallest absolute Gasteiger partial charge is 0.193 e. The van der Waals surface area contributed by atoms with E-state index in [1.54, 1.807) is 19.1 Å². The lowest BCUT2D eigenvalue weighted by Crippen LogP contribution is -2.30. The van der Waals surface area contributed by atoms with Crippen molar-refractivity contribution in [1.82, 2.24) is 0 Å². The van der Waals surface area contributed by atoms with Gasteiger partial charge < -0.3 is 16.2 Å². The Bertz CT molecular complexity index is 712. The standard InChI is InChI=1S/C18H22ClN3O.HI/c1-12-8-13(2)10-14(9-12)22-17(20)21-11-18(3,23)15-6-4-5-7-16(15)19;/h4-10,23H,11H2,1-3H3,(H3,20,21,22);1H. The van der Waals surface area contributed by atoms with E-state index in [4.69, 9.17) is 17.3 Å². The number of halogens is 2. The summed E-state index contributed by atoms with van der Waals surface area (Å²) in [5, 5.41) is 14.1. The molecule has 2 aromatic carbocycles. The summed E-state index contributed by atoms with van der Waals surface area (Å²) in [7, 11) is 0. The van der Waals surface area contributed by atoms with E-state index in [-0.39, 0.29) is 36.5 Å². The number of benzene rings is 2. The van der Waals surface area contributed by atoms with Gasteiger partial charge in [-0.25, -0.2) is 4.99 Å². The fraction of sp³-hybridized carbons (Fsp3) is 0.278. The third-order valence-corrected chi connectivity index (χ3v) is 3.84. The van der Waals surface area contributed by atoms with Crippen molar-refractivity contribution in [3.8, 4) is 0 Å². The highest BCUT2D eigenvalue weighted by Gasteiger charge is 2.25. The first-order valence-corrected chi connectivity index (χ1v) is 7.78. The largest absolute Gasteiger partial charge is 0.383 e. The quantitative estimate of drug-likeness (QED) is 0.364. The van der Waals surface area contributed by atoms with Gasteiger partial charge in [0.1, 0.15) is 5.60 Å². The number of aryl methyl sites for hydroxylation is 2. The van der Waals surface area contributed by atoms with Gasteiger partial charge in [-0.3, -0.25) is 0 Å². The van der Waals surface area contributed by atoms with Crippen LogP contribution in [0.3, 0.4) is 0 Å². The molecule has 24 heavy (non-hydrogen) atoms. The predicted molar refractivity (Wildman–Crippen MR) is 112 cm³/mol. The van der Waals surface area contributed by atoms with Gasteiger partial charge in [-0.05, 0) is 50.1 Å². The van der Waals surface area contributed by atoms with Crippen LogP contribution in [-0.4, -0.2) is 17.6 Å². The number of guanidine groups is 1. The van der Waals surface area contributed by atoms with Gasteiger partial charge in [-0.1, -0.05) is 35.9 Å². The van der Waals surface area contributed by atoms with E-state index in [9.17, 15) is 5.11 Å². The zero-order chi connectivity index (χ0) is 17.0. The van der Waals surface area contributed by atoms with Gasteiger partial charge in [0, 0.05) is 16.3 Å². The molecule has 1 unspecified atom stereocenters. The minimum absolute atomic E-state index is 0. The Morgan fingerprint density at radius 2 is 1.79 bits per heavy atom. The van der Waals surface area contributed by atoms with E-state index in [1.807, 2.05) is 38.1 Å². The molecule has 6 heteroatoms. The zero-order valence-corrected chi connectivity index (χ0v) is 17.1. The number of nitrogens with one attached hydrogen (secondary N) is 1. The summed E-state index contributed by atoms with van der Waals surface area (Å²) in [6.07, 6.45) is 0. The van der Waals surface area contributed by atoms with E-state index < -0.39 is 5.60 Å². The normalized spacial score (nSPS) is 13.8. The first-order chi connectivity index (χ1) is 10.8. The van der Waals surface area contributed by atoms with Crippen molar-refractivity contribution in [1.29, 1.82) is 0 Å². The van der Waals surface area contributed by atoms with Gasteiger partial charge in [0.2, 0.25) is 0 Å². The molecule has 0 aromatic heterocycles. The minimum atomic E-state index is -1.19. The lowest BCUT2D eigenvalue weighted by Gasteiger charge is -2.23. The van der Waals surface area contributed by atoms with Gasteiger partial charge in [-0.2, -0.15) is 0 Å². The van der Waals surface area contributed by atoms with Crippen molar-refractivity contribution in [2.45, 2.75) is 26.4 Å². The topological polar surface area (TPSA) is 70.6 Å². The summed E-state index contributed by atoms with van der Waals surface area (Å²) < 4.78 is 0. The Morgan fingerprint density at radius 3 is 2.38 bits per heavy atom. The number of nitrogens with zero attached hydrogens (tertiary/aromatic N) is 1. The molecule has 0 aliphatic heterocycles. The van der Waals surface area contributed by atoms with Crippen LogP contribution in [0.4, 0.5) is 5.69 Å². The Labute approximate surface area is 165 Å². The molecule has 0 bridgehead atoms. The summed E-state index contributed by atoms with van der Waals surface area (Å²) in [5.41, 5.74) is 8.53. The molecule has 0 saturated heterocycles. The molecule has 1 atom stereocenters. The molecule has 2 rings (SSSR count). The molecule has 0 saturated carbocycles. The van der Waals surface area contributed by atoms with Crippen molar-refractivity contribution in [2.75, 3.05) is 11.9 Å². The van der Waals surface area contributed by atoms with E-state index >= 15 is 0 Å². The van der Waals surface area contributed by atoms with Crippen LogP contribution in [0.15, 0.2) is 47.5 Å². The lowest BCUT2D eigenvalue weighted by molar-refractivity contribution is 0.0675. The van der Waals surface area contributed by atoms with Crippen LogP contribution in [-0.2, 0) is 5.60 Å². The van der Waals surface area contributed by atoms with Gasteiger partial charge in [0.05, 0.1) is 6.54 Å². The molecule has 0 aliphatic rings. The van der Waals surface area contributed by atoms with Crippen molar-refractivity contribution in [2.24, 2.45) is 10.7 Å². The average Bonchev–Trinajstić information content (AvgIpc) is 2.44. The molecular formula is C18H23ClIN3O. The van der Waals surface area contributed by atoms with E-state index in [0.717, 1.165) is 16.8 Å². The third-order valence-electron chi connectivity index (χ3n) is 3.51. The number of aliphatic hydroxyl groups is 1. The van der Waals surface area contributed by atoms with Crippen LogP contribution in [0.5, 0.6) is 0 Å². The Morgan fingerprint density at radius 1 is 1.21 bits per heavy atom. The highest BCUT2D eigenvalue weighted by Crippen LogP contribution is 2.28. The third kappa shape index (κ3) is 5.65. The monoisotopic (exact) mass is 459 g/mol. The summed E-state index contributed by atoms with van der Waals surface area (Å²) in [6.45, 7) is 5.82. The van der Waals surface area contributed by atoms with Crippen molar-refractivity contribution in [3.63, 3.8) is 0 Å². The number of rotatable bonds is 4. The molecule has 2 aromatic rings. The zero-order valence-electron chi connectivity index (χ0n) is 14.0. The maximum atomic E-state index is 10.6. The maximum Gasteiger partial charge on any atom is 0.193 e. The molecule has 0 radical (unpaired) electrons. The number of hydrogen-bond donors (Lipinski definition) is 3. The van der Waals surface area contributed by atoms with Crippen LogP contribution in [0.1, 0.15) is 23.6 Å². The first-order valence-electron chi connectivity index (χ1n) is 7.40. The summed E-state index contributed by atoms with van der Waals surface area (Å²) in [6, 6.07) is 13.2. The van der Waals surface area contributed by atoms with Crippen LogP contribution in [0, 0.1) is 13.8 Å². The number of aliphatic imine (C=N–C) groups is 1. The highest BCUT2D eigenvalue weighted by molar-refractivity contribution is 14.0. The summed E-state index contributed by atoms with van der Waals surface area (Å²) >= 11 is 6.13. The fourth-order valence-corrected chi connectivity index (χ4v) is 2.80. The molecule has 4 N–H and O–H groups in total.